The topological polar surface area (TPSA) is 62.7 Å². The molecule has 0 saturated carbocycles. The van der Waals surface area contributed by atoms with Crippen LogP contribution >= 0.6 is 23.6 Å². The second kappa shape index (κ2) is 8.42. The third-order valence-electron chi connectivity index (χ3n) is 4.05. The zero-order valence-corrected chi connectivity index (χ0v) is 16.4. The number of nitrogens with one attached hydrogen (secondary N) is 2. The Balaban J connectivity index is 1.77. The van der Waals surface area contributed by atoms with Crippen LogP contribution in [0.5, 0.6) is 0 Å². The van der Waals surface area contributed by atoms with Crippen molar-refractivity contribution in [3.8, 4) is 10.7 Å². The number of rotatable bonds is 7. The molecule has 0 spiro atoms. The second-order valence-corrected chi connectivity index (χ2v) is 7.91. The first-order chi connectivity index (χ1) is 12.5. The highest BCUT2D eigenvalue weighted by Gasteiger charge is 2.18. The van der Waals surface area contributed by atoms with Crippen molar-refractivity contribution in [2.24, 2.45) is 5.92 Å². The molecule has 136 valence electrons. The van der Waals surface area contributed by atoms with Crippen molar-refractivity contribution in [2.75, 3.05) is 0 Å². The van der Waals surface area contributed by atoms with Crippen LogP contribution in [0.25, 0.3) is 10.7 Å². The molecule has 1 amide bonds. The molecule has 0 aliphatic carbocycles. The molecule has 26 heavy (non-hydrogen) atoms. The molecule has 3 aromatic rings. The summed E-state index contributed by atoms with van der Waals surface area (Å²) >= 11 is 6.88. The predicted molar refractivity (Wildman–Crippen MR) is 108 cm³/mol. The van der Waals surface area contributed by atoms with Gasteiger partial charge in [-0.2, -0.15) is 5.10 Å². The highest BCUT2D eigenvalue weighted by Crippen LogP contribution is 2.24. The Morgan fingerprint density at radius 2 is 2.04 bits per heavy atom. The van der Waals surface area contributed by atoms with Crippen LogP contribution in [0.15, 0.2) is 47.8 Å². The second-order valence-electron chi connectivity index (χ2n) is 6.58. The van der Waals surface area contributed by atoms with Gasteiger partial charge in [-0.3, -0.25) is 14.5 Å². The Labute approximate surface area is 162 Å². The van der Waals surface area contributed by atoms with Gasteiger partial charge in [-0.05, 0) is 41.6 Å². The van der Waals surface area contributed by atoms with Gasteiger partial charge in [-0.25, -0.2) is 0 Å². The van der Waals surface area contributed by atoms with E-state index in [1.807, 2.05) is 47.8 Å². The number of carbonyl (C=O) groups is 1. The lowest BCUT2D eigenvalue weighted by atomic mass is 9.97. The lowest BCUT2D eigenvalue weighted by Crippen LogP contribution is -2.32. The van der Waals surface area contributed by atoms with Gasteiger partial charge in [0, 0.05) is 0 Å². The maximum absolute atomic E-state index is 12.7. The summed E-state index contributed by atoms with van der Waals surface area (Å²) in [6.45, 7) is 4.45. The molecule has 2 N–H and O–H groups in total. The highest BCUT2D eigenvalue weighted by atomic mass is 32.1. The Morgan fingerprint density at radius 1 is 1.27 bits per heavy atom. The summed E-state index contributed by atoms with van der Waals surface area (Å²) in [4.78, 5) is 13.7. The summed E-state index contributed by atoms with van der Waals surface area (Å²) in [5.41, 5.74) is 1.11. The fraction of sp³-hybridized carbons (Fsp3) is 0.316. The molecule has 2 aromatic heterocycles. The van der Waals surface area contributed by atoms with Gasteiger partial charge in [-0.15, -0.1) is 11.3 Å². The summed E-state index contributed by atoms with van der Waals surface area (Å²) in [6.07, 6.45) is 0.879. The summed E-state index contributed by atoms with van der Waals surface area (Å²) in [6, 6.07) is 14.0. The number of H-pyrrole nitrogens is 1. The van der Waals surface area contributed by atoms with Crippen LogP contribution in [0, 0.1) is 10.7 Å². The molecule has 0 aliphatic rings. The lowest BCUT2D eigenvalue weighted by Gasteiger charge is -2.21. The number of carbonyl (C=O) groups excluding carboxylic acids is 1. The molecule has 0 unspecified atom stereocenters. The van der Waals surface area contributed by atoms with Crippen molar-refractivity contribution in [3.05, 3.63) is 58.2 Å². The largest absolute Gasteiger partial charge is 0.348 e. The molecule has 0 bridgehead atoms. The van der Waals surface area contributed by atoms with Gasteiger partial charge in [-0.1, -0.05) is 50.2 Å². The minimum Gasteiger partial charge on any atom is -0.348 e. The van der Waals surface area contributed by atoms with E-state index in [1.54, 1.807) is 15.9 Å². The molecular formula is C19H22N4OS2. The Bertz CT molecular complexity index is 897. The maximum atomic E-state index is 12.7. The molecule has 0 fully saturated rings. The van der Waals surface area contributed by atoms with Gasteiger partial charge in [0.25, 0.3) is 0 Å². The molecule has 2 heterocycles. The number of aromatic amines is 1. The van der Waals surface area contributed by atoms with Crippen LogP contribution in [-0.4, -0.2) is 20.7 Å². The number of aromatic nitrogens is 3. The quantitative estimate of drug-likeness (QED) is 0.585. The van der Waals surface area contributed by atoms with Crippen molar-refractivity contribution in [1.29, 1.82) is 0 Å². The SMILES string of the molecule is CC(C)C[C@H](NC(=O)Cn1c(-c2cccs2)n[nH]c1=S)c1ccccc1. The van der Waals surface area contributed by atoms with Gasteiger partial charge in [0.05, 0.1) is 10.9 Å². The minimum atomic E-state index is -0.0743. The van der Waals surface area contributed by atoms with Gasteiger partial charge in [0.2, 0.25) is 5.91 Å². The molecule has 0 saturated heterocycles. The first-order valence-electron chi connectivity index (χ1n) is 8.58. The number of hydrogen-bond acceptors (Lipinski definition) is 4. The average Bonchev–Trinajstić information content (AvgIpc) is 3.25. The fourth-order valence-corrected chi connectivity index (χ4v) is 3.80. The van der Waals surface area contributed by atoms with Crippen LogP contribution in [0.2, 0.25) is 0 Å². The first-order valence-corrected chi connectivity index (χ1v) is 9.86. The number of benzene rings is 1. The number of nitrogens with zero attached hydrogens (tertiary/aromatic N) is 2. The molecule has 5 nitrogen and oxygen atoms in total. The third-order valence-corrected chi connectivity index (χ3v) is 5.22. The van der Waals surface area contributed by atoms with Gasteiger partial charge in [0.15, 0.2) is 10.6 Å². The van der Waals surface area contributed by atoms with E-state index in [-0.39, 0.29) is 18.5 Å². The molecule has 0 aliphatic heterocycles. The molecule has 3 rings (SSSR count). The van der Waals surface area contributed by atoms with Crippen molar-refractivity contribution >= 4 is 29.5 Å². The van der Waals surface area contributed by atoms with E-state index < -0.39 is 0 Å². The smallest absolute Gasteiger partial charge is 0.240 e. The Hall–Kier alpha value is -2.25. The summed E-state index contributed by atoms with van der Waals surface area (Å²) in [5, 5.41) is 12.2. The first kappa shape index (κ1) is 18.5. The Morgan fingerprint density at radius 3 is 2.69 bits per heavy atom. The van der Waals surface area contributed by atoms with Crippen LogP contribution in [0.1, 0.15) is 31.9 Å². The van der Waals surface area contributed by atoms with Crippen molar-refractivity contribution in [2.45, 2.75) is 32.9 Å². The summed E-state index contributed by atoms with van der Waals surface area (Å²) < 4.78 is 2.19. The van der Waals surface area contributed by atoms with E-state index in [2.05, 4.69) is 29.4 Å². The van der Waals surface area contributed by atoms with Gasteiger partial charge >= 0.3 is 0 Å². The Kier molecular flexibility index (Phi) is 6.00. The minimum absolute atomic E-state index is 0.0186. The standard InChI is InChI=1S/C19H22N4OS2/c1-13(2)11-15(14-7-4-3-5-8-14)20-17(24)12-23-18(21-22-19(23)25)16-9-6-10-26-16/h3-10,13,15H,11-12H2,1-2H3,(H,20,24)(H,22,25)/t15-/m0/s1. The van der Waals surface area contributed by atoms with Crippen LogP contribution in [-0.2, 0) is 11.3 Å². The van der Waals surface area contributed by atoms with Gasteiger partial charge in [0.1, 0.15) is 6.54 Å². The zero-order valence-electron chi connectivity index (χ0n) is 14.8. The van der Waals surface area contributed by atoms with E-state index in [4.69, 9.17) is 12.2 Å². The number of amides is 1. The van der Waals surface area contributed by atoms with E-state index >= 15 is 0 Å². The van der Waals surface area contributed by atoms with Crippen LogP contribution in [0.3, 0.4) is 0 Å². The maximum Gasteiger partial charge on any atom is 0.240 e. The molecule has 7 heteroatoms. The lowest BCUT2D eigenvalue weighted by molar-refractivity contribution is -0.122. The van der Waals surface area contributed by atoms with E-state index in [0.717, 1.165) is 16.9 Å². The van der Waals surface area contributed by atoms with E-state index in [9.17, 15) is 4.79 Å². The highest BCUT2D eigenvalue weighted by molar-refractivity contribution is 7.71. The van der Waals surface area contributed by atoms with E-state index in [1.165, 1.54) is 0 Å². The monoisotopic (exact) mass is 386 g/mol. The number of hydrogen-bond donors (Lipinski definition) is 2. The summed E-state index contributed by atoms with van der Waals surface area (Å²) in [7, 11) is 0. The molecule has 1 atom stereocenters. The molecular weight excluding hydrogens is 364 g/mol. The van der Waals surface area contributed by atoms with Crippen LogP contribution < -0.4 is 5.32 Å². The average molecular weight is 387 g/mol. The fourth-order valence-electron chi connectivity index (χ4n) is 2.88. The van der Waals surface area contributed by atoms with Crippen molar-refractivity contribution in [1.82, 2.24) is 20.1 Å². The normalized spacial score (nSPS) is 12.3. The zero-order chi connectivity index (χ0) is 18.5. The third kappa shape index (κ3) is 4.47. The van der Waals surface area contributed by atoms with Gasteiger partial charge < -0.3 is 5.32 Å². The summed E-state index contributed by atoms with van der Waals surface area (Å²) in [5.74, 6) is 1.09. The van der Waals surface area contributed by atoms with Crippen molar-refractivity contribution < 1.29 is 4.79 Å². The molecule has 0 radical (unpaired) electrons. The molecule has 1 aromatic carbocycles. The predicted octanol–water partition coefficient (Wildman–Crippen LogP) is 4.57. The number of thiophene rings is 1. The van der Waals surface area contributed by atoms with Crippen LogP contribution in [0.4, 0.5) is 0 Å². The van der Waals surface area contributed by atoms with Crippen molar-refractivity contribution in [3.63, 3.8) is 0 Å². The van der Waals surface area contributed by atoms with E-state index in [0.29, 0.717) is 16.5 Å².